The molecule has 6 heteroatoms. The smallest absolute Gasteiger partial charge is 0.193 e. The van der Waals surface area contributed by atoms with Gasteiger partial charge >= 0.3 is 0 Å². The highest BCUT2D eigenvalue weighted by Gasteiger charge is 2.23. The molecule has 1 unspecified atom stereocenters. The van der Waals surface area contributed by atoms with Gasteiger partial charge in [0.2, 0.25) is 0 Å². The number of piperidine rings is 1. The zero-order valence-electron chi connectivity index (χ0n) is 15.3. The molecule has 0 spiro atoms. The summed E-state index contributed by atoms with van der Waals surface area (Å²) in [5, 5.41) is 7.84. The maximum Gasteiger partial charge on any atom is 0.193 e. The molecule has 140 valence electrons. The van der Waals surface area contributed by atoms with Gasteiger partial charge in [0, 0.05) is 33.3 Å². The van der Waals surface area contributed by atoms with Gasteiger partial charge in [-0.25, -0.2) is 0 Å². The molecule has 25 heavy (non-hydrogen) atoms. The molecule has 2 fully saturated rings. The van der Waals surface area contributed by atoms with Gasteiger partial charge in [0.25, 0.3) is 0 Å². The molecule has 1 N–H and O–H groups in total. The van der Waals surface area contributed by atoms with E-state index in [1.54, 1.807) is 11.3 Å². The largest absolute Gasteiger partial charge is 0.376 e. The molecular weight excluding hydrogens is 334 g/mol. The Morgan fingerprint density at radius 3 is 2.92 bits per heavy atom. The van der Waals surface area contributed by atoms with Crippen LogP contribution < -0.4 is 5.32 Å². The molecule has 2 aliphatic heterocycles. The molecule has 0 bridgehead atoms. The van der Waals surface area contributed by atoms with Crippen molar-refractivity contribution >= 4 is 17.3 Å². The van der Waals surface area contributed by atoms with Crippen LogP contribution in [0.2, 0.25) is 0 Å². The molecule has 0 amide bonds. The van der Waals surface area contributed by atoms with Crippen molar-refractivity contribution in [2.24, 2.45) is 4.99 Å². The SMILES string of the molecule is CN=C(NCCc1ccsc1)N1CCC(OCC2CCCCO2)CC1. The van der Waals surface area contributed by atoms with E-state index < -0.39 is 0 Å². The first-order valence-corrected chi connectivity index (χ1v) is 10.5. The summed E-state index contributed by atoms with van der Waals surface area (Å²) in [7, 11) is 1.87. The second-order valence-corrected chi connectivity index (χ2v) is 7.64. The van der Waals surface area contributed by atoms with Gasteiger partial charge in [-0.1, -0.05) is 0 Å². The zero-order chi connectivity index (χ0) is 17.3. The van der Waals surface area contributed by atoms with Gasteiger partial charge in [0.05, 0.1) is 18.8 Å². The lowest BCUT2D eigenvalue weighted by Crippen LogP contribution is -2.47. The molecule has 1 aromatic heterocycles. The Morgan fingerprint density at radius 1 is 1.36 bits per heavy atom. The molecule has 2 saturated heterocycles. The van der Waals surface area contributed by atoms with Gasteiger partial charge in [-0.3, -0.25) is 4.99 Å². The van der Waals surface area contributed by atoms with E-state index in [2.05, 4.69) is 32.0 Å². The Bertz CT molecular complexity index is 507. The van der Waals surface area contributed by atoms with E-state index in [-0.39, 0.29) is 0 Å². The number of hydrogen-bond acceptors (Lipinski definition) is 4. The maximum atomic E-state index is 6.10. The minimum atomic E-state index is 0.318. The Kier molecular flexibility index (Phi) is 7.57. The number of likely N-dealkylation sites (tertiary alicyclic amines) is 1. The molecule has 0 saturated carbocycles. The third kappa shape index (κ3) is 5.97. The van der Waals surface area contributed by atoms with E-state index in [0.29, 0.717) is 12.2 Å². The summed E-state index contributed by atoms with van der Waals surface area (Å²) >= 11 is 1.76. The predicted molar refractivity (Wildman–Crippen MR) is 104 cm³/mol. The van der Waals surface area contributed by atoms with E-state index in [0.717, 1.165) is 64.5 Å². The summed E-state index contributed by atoms with van der Waals surface area (Å²) < 4.78 is 11.9. The molecule has 2 aliphatic rings. The summed E-state index contributed by atoms with van der Waals surface area (Å²) in [6, 6.07) is 2.19. The Morgan fingerprint density at radius 2 is 2.24 bits per heavy atom. The second kappa shape index (κ2) is 10.1. The zero-order valence-corrected chi connectivity index (χ0v) is 16.1. The lowest BCUT2D eigenvalue weighted by Gasteiger charge is -2.35. The number of nitrogens with zero attached hydrogens (tertiary/aromatic N) is 2. The van der Waals surface area contributed by atoms with Gasteiger partial charge < -0.3 is 19.7 Å². The molecule has 3 heterocycles. The molecule has 1 aromatic rings. The van der Waals surface area contributed by atoms with E-state index in [9.17, 15) is 0 Å². The van der Waals surface area contributed by atoms with E-state index in [1.807, 2.05) is 7.05 Å². The topological polar surface area (TPSA) is 46.1 Å². The van der Waals surface area contributed by atoms with E-state index in [1.165, 1.54) is 18.4 Å². The number of nitrogens with one attached hydrogen (secondary N) is 1. The fraction of sp³-hybridized carbons (Fsp3) is 0.737. The standard InChI is InChI=1S/C19H31N3O2S/c1-20-19(21-9-5-16-8-13-25-15-16)22-10-6-17(7-11-22)24-14-18-4-2-3-12-23-18/h8,13,15,17-18H,2-7,9-12,14H2,1H3,(H,20,21). The average molecular weight is 366 g/mol. The summed E-state index contributed by atoms with van der Waals surface area (Å²) in [4.78, 5) is 6.80. The van der Waals surface area contributed by atoms with Crippen LogP contribution in [0.3, 0.4) is 0 Å². The van der Waals surface area contributed by atoms with Gasteiger partial charge in [0.15, 0.2) is 5.96 Å². The van der Waals surface area contributed by atoms with Crippen molar-refractivity contribution in [3.63, 3.8) is 0 Å². The molecular formula is C19H31N3O2S. The van der Waals surface area contributed by atoms with Crippen molar-refractivity contribution in [2.75, 3.05) is 39.9 Å². The minimum Gasteiger partial charge on any atom is -0.376 e. The predicted octanol–water partition coefficient (Wildman–Crippen LogP) is 2.92. The molecule has 5 nitrogen and oxygen atoms in total. The van der Waals surface area contributed by atoms with Crippen molar-refractivity contribution in [3.8, 4) is 0 Å². The van der Waals surface area contributed by atoms with Crippen molar-refractivity contribution in [2.45, 2.75) is 50.7 Å². The van der Waals surface area contributed by atoms with Crippen LogP contribution in [0.5, 0.6) is 0 Å². The first-order chi connectivity index (χ1) is 12.3. The fourth-order valence-corrected chi connectivity index (χ4v) is 4.21. The van der Waals surface area contributed by atoms with Crippen LogP contribution in [0.25, 0.3) is 0 Å². The maximum absolute atomic E-state index is 6.10. The number of aliphatic imine (C=N–C) groups is 1. The van der Waals surface area contributed by atoms with Crippen LogP contribution >= 0.6 is 11.3 Å². The number of ether oxygens (including phenoxy) is 2. The molecule has 0 aliphatic carbocycles. The number of thiophene rings is 1. The first kappa shape index (κ1) is 18.7. The summed E-state index contributed by atoms with van der Waals surface area (Å²) in [6.45, 7) is 4.61. The van der Waals surface area contributed by atoms with Crippen LogP contribution in [-0.4, -0.2) is 63.0 Å². The van der Waals surface area contributed by atoms with Crippen LogP contribution in [0.15, 0.2) is 21.8 Å². The van der Waals surface area contributed by atoms with Gasteiger partial charge in [0.1, 0.15) is 0 Å². The van der Waals surface area contributed by atoms with Gasteiger partial charge in [-0.15, -0.1) is 0 Å². The third-order valence-corrected chi connectivity index (χ3v) is 5.75. The Balaban J connectivity index is 1.33. The highest BCUT2D eigenvalue weighted by atomic mass is 32.1. The summed E-state index contributed by atoms with van der Waals surface area (Å²) in [5.74, 6) is 1.02. The van der Waals surface area contributed by atoms with E-state index >= 15 is 0 Å². The van der Waals surface area contributed by atoms with Crippen LogP contribution in [0, 0.1) is 0 Å². The Labute approximate surface area is 155 Å². The number of guanidine groups is 1. The van der Waals surface area contributed by atoms with Crippen molar-refractivity contribution in [1.82, 2.24) is 10.2 Å². The minimum absolute atomic E-state index is 0.318. The summed E-state index contributed by atoms with van der Waals surface area (Å²) in [6.07, 6.45) is 7.50. The quantitative estimate of drug-likeness (QED) is 0.622. The molecule has 1 atom stereocenters. The highest BCUT2D eigenvalue weighted by Crippen LogP contribution is 2.18. The monoisotopic (exact) mass is 365 g/mol. The molecule has 0 radical (unpaired) electrons. The van der Waals surface area contributed by atoms with Crippen molar-refractivity contribution in [1.29, 1.82) is 0 Å². The van der Waals surface area contributed by atoms with E-state index in [4.69, 9.17) is 9.47 Å². The Hall–Kier alpha value is -1.11. The van der Waals surface area contributed by atoms with Crippen LogP contribution in [-0.2, 0) is 15.9 Å². The molecule has 3 rings (SSSR count). The first-order valence-electron chi connectivity index (χ1n) is 9.55. The lowest BCUT2D eigenvalue weighted by atomic mass is 10.1. The number of rotatable bonds is 6. The molecule has 0 aromatic carbocycles. The summed E-state index contributed by atoms with van der Waals surface area (Å²) in [5.41, 5.74) is 1.39. The third-order valence-electron chi connectivity index (χ3n) is 5.02. The number of hydrogen-bond donors (Lipinski definition) is 1. The van der Waals surface area contributed by atoms with Crippen LogP contribution in [0.4, 0.5) is 0 Å². The fourth-order valence-electron chi connectivity index (χ4n) is 3.50. The second-order valence-electron chi connectivity index (χ2n) is 6.86. The van der Waals surface area contributed by atoms with Crippen molar-refractivity contribution in [3.05, 3.63) is 22.4 Å². The van der Waals surface area contributed by atoms with Crippen LogP contribution in [0.1, 0.15) is 37.7 Å². The van der Waals surface area contributed by atoms with Gasteiger partial charge in [-0.2, -0.15) is 11.3 Å². The normalized spacial score (nSPS) is 23.0. The highest BCUT2D eigenvalue weighted by molar-refractivity contribution is 7.07. The average Bonchev–Trinajstić information content (AvgIpc) is 3.18. The van der Waals surface area contributed by atoms with Gasteiger partial charge in [-0.05, 0) is 60.9 Å². The lowest BCUT2D eigenvalue weighted by molar-refractivity contribution is -0.0721. The van der Waals surface area contributed by atoms with Crippen molar-refractivity contribution < 1.29 is 9.47 Å².